The van der Waals surface area contributed by atoms with Gasteiger partial charge in [-0.1, -0.05) is 0 Å². The lowest BCUT2D eigenvalue weighted by Gasteiger charge is -2.08. The molecule has 0 N–H and O–H groups in total. The van der Waals surface area contributed by atoms with E-state index in [1.54, 1.807) is 19.1 Å². The van der Waals surface area contributed by atoms with E-state index in [-0.39, 0.29) is 11.4 Å². The van der Waals surface area contributed by atoms with Crippen molar-refractivity contribution < 1.29 is 9.85 Å². The second kappa shape index (κ2) is 4.73. The van der Waals surface area contributed by atoms with E-state index in [2.05, 4.69) is 4.98 Å². The molecule has 0 saturated heterocycles. The second-order valence-electron chi connectivity index (χ2n) is 5.11. The van der Waals surface area contributed by atoms with Gasteiger partial charge in [-0.3, -0.25) is 20.2 Å². The first-order valence-corrected chi connectivity index (χ1v) is 6.52. The third kappa shape index (κ3) is 2.03. The van der Waals surface area contributed by atoms with E-state index >= 15 is 0 Å². The number of benzene rings is 2. The molecule has 0 unspecified atom stereocenters. The normalized spacial score (nSPS) is 11.0. The summed E-state index contributed by atoms with van der Waals surface area (Å²) in [5.41, 5.74) is 2.31. The monoisotopic (exact) mass is 297 g/mol. The van der Waals surface area contributed by atoms with Gasteiger partial charge in [-0.25, -0.2) is 4.98 Å². The standard InChI is InChI=1S/C15H11N3O4/c1-8-5-12-9(2)11-4-3-10(17(19)20)6-13(11)16-14(12)7-15(8)18(21)22/h3-7H,1-2H3. The highest BCUT2D eigenvalue weighted by atomic mass is 16.6. The van der Waals surface area contributed by atoms with E-state index in [0.29, 0.717) is 16.6 Å². The summed E-state index contributed by atoms with van der Waals surface area (Å²) < 4.78 is 0. The average molecular weight is 297 g/mol. The molecule has 0 spiro atoms. The molecule has 0 atom stereocenters. The maximum atomic E-state index is 11.0. The maximum Gasteiger partial charge on any atom is 0.274 e. The Hall–Kier alpha value is -3.09. The number of nitro benzene ring substituents is 2. The van der Waals surface area contributed by atoms with Crippen LogP contribution in [0.3, 0.4) is 0 Å². The molecule has 3 aromatic rings. The predicted molar refractivity (Wildman–Crippen MR) is 82.0 cm³/mol. The first-order valence-electron chi connectivity index (χ1n) is 6.52. The van der Waals surface area contributed by atoms with Crippen LogP contribution in [0.25, 0.3) is 21.8 Å². The van der Waals surface area contributed by atoms with Crippen LogP contribution in [0.15, 0.2) is 30.3 Å². The summed E-state index contributed by atoms with van der Waals surface area (Å²) in [6.07, 6.45) is 0. The number of aryl methyl sites for hydroxylation is 2. The highest BCUT2D eigenvalue weighted by Gasteiger charge is 2.16. The van der Waals surface area contributed by atoms with E-state index in [1.807, 2.05) is 6.92 Å². The average Bonchev–Trinajstić information content (AvgIpc) is 2.47. The van der Waals surface area contributed by atoms with Gasteiger partial charge in [0.1, 0.15) is 0 Å². The number of nitrogens with zero attached hydrogens (tertiary/aromatic N) is 3. The van der Waals surface area contributed by atoms with Crippen LogP contribution in [0.4, 0.5) is 11.4 Å². The van der Waals surface area contributed by atoms with Crippen molar-refractivity contribution >= 4 is 33.2 Å². The molecular formula is C15H11N3O4. The highest BCUT2D eigenvalue weighted by molar-refractivity contribution is 5.98. The molecule has 0 bridgehead atoms. The summed E-state index contributed by atoms with van der Waals surface area (Å²) in [6.45, 7) is 3.56. The number of aromatic nitrogens is 1. The SMILES string of the molecule is Cc1cc2c(C)c3ccc([N+](=O)[O-])cc3nc2cc1[N+](=O)[O-]. The van der Waals surface area contributed by atoms with Gasteiger partial charge in [-0.2, -0.15) is 0 Å². The van der Waals surface area contributed by atoms with E-state index in [4.69, 9.17) is 0 Å². The molecule has 1 heterocycles. The lowest BCUT2D eigenvalue weighted by molar-refractivity contribution is -0.385. The number of hydrogen-bond donors (Lipinski definition) is 0. The molecule has 3 rings (SSSR count). The molecule has 22 heavy (non-hydrogen) atoms. The van der Waals surface area contributed by atoms with Crippen LogP contribution in [0, 0.1) is 34.1 Å². The smallest absolute Gasteiger partial charge is 0.258 e. The van der Waals surface area contributed by atoms with Crippen LogP contribution in [0.1, 0.15) is 11.1 Å². The van der Waals surface area contributed by atoms with Gasteiger partial charge >= 0.3 is 0 Å². The number of non-ortho nitro benzene ring substituents is 1. The Morgan fingerprint density at radius 2 is 1.59 bits per heavy atom. The Morgan fingerprint density at radius 3 is 2.23 bits per heavy atom. The molecular weight excluding hydrogens is 286 g/mol. The maximum absolute atomic E-state index is 11.0. The minimum absolute atomic E-state index is 0.0100. The van der Waals surface area contributed by atoms with Gasteiger partial charge < -0.3 is 0 Å². The van der Waals surface area contributed by atoms with Crippen LogP contribution in [0.5, 0.6) is 0 Å². The zero-order valence-electron chi connectivity index (χ0n) is 11.9. The zero-order chi connectivity index (χ0) is 16.0. The van der Waals surface area contributed by atoms with Gasteiger partial charge in [0.15, 0.2) is 0 Å². The van der Waals surface area contributed by atoms with Gasteiger partial charge in [0.2, 0.25) is 0 Å². The molecule has 1 aromatic heterocycles. The lowest BCUT2D eigenvalue weighted by Crippen LogP contribution is -1.95. The number of rotatable bonds is 2. The molecule has 0 radical (unpaired) electrons. The quantitative estimate of drug-likeness (QED) is 0.406. The molecule has 0 aliphatic heterocycles. The molecule has 0 aliphatic carbocycles. The zero-order valence-corrected chi connectivity index (χ0v) is 11.9. The van der Waals surface area contributed by atoms with E-state index in [9.17, 15) is 20.2 Å². The summed E-state index contributed by atoms with van der Waals surface area (Å²) in [4.78, 5) is 25.3. The highest BCUT2D eigenvalue weighted by Crippen LogP contribution is 2.31. The van der Waals surface area contributed by atoms with Gasteiger partial charge in [0.25, 0.3) is 11.4 Å². The molecule has 110 valence electrons. The largest absolute Gasteiger partial charge is 0.274 e. The summed E-state index contributed by atoms with van der Waals surface area (Å²) in [5.74, 6) is 0. The molecule has 2 aromatic carbocycles. The fourth-order valence-electron chi connectivity index (χ4n) is 2.59. The molecule has 0 aliphatic rings. The number of nitro groups is 2. The summed E-state index contributed by atoms with van der Waals surface area (Å²) >= 11 is 0. The van der Waals surface area contributed by atoms with Gasteiger partial charge in [-0.05, 0) is 31.5 Å². The van der Waals surface area contributed by atoms with Crippen molar-refractivity contribution in [3.05, 3.63) is 61.7 Å². The molecule has 0 fully saturated rings. The summed E-state index contributed by atoms with van der Waals surface area (Å²) in [5, 5.41) is 23.5. The Balaban J connectivity index is 2.41. The van der Waals surface area contributed by atoms with Crippen molar-refractivity contribution in [2.45, 2.75) is 13.8 Å². The minimum atomic E-state index is -0.488. The lowest BCUT2D eigenvalue weighted by atomic mass is 10.0. The first-order chi connectivity index (χ1) is 10.4. The summed E-state index contributed by atoms with van der Waals surface area (Å²) in [6, 6.07) is 7.62. The van der Waals surface area contributed by atoms with Gasteiger partial charge in [0, 0.05) is 34.5 Å². The first kappa shape index (κ1) is 13.9. The van der Waals surface area contributed by atoms with Gasteiger partial charge in [0.05, 0.1) is 20.9 Å². The van der Waals surface area contributed by atoms with Crippen molar-refractivity contribution in [1.29, 1.82) is 0 Å². The summed E-state index contributed by atoms with van der Waals surface area (Å²) in [7, 11) is 0. The fraction of sp³-hybridized carbons (Fsp3) is 0.133. The third-order valence-corrected chi connectivity index (χ3v) is 3.75. The molecule has 7 heteroatoms. The van der Waals surface area contributed by atoms with Crippen molar-refractivity contribution in [3.63, 3.8) is 0 Å². The molecule has 0 saturated carbocycles. The van der Waals surface area contributed by atoms with E-state index < -0.39 is 9.85 Å². The Kier molecular flexibility index (Phi) is 2.98. The van der Waals surface area contributed by atoms with Crippen LogP contribution in [-0.4, -0.2) is 14.8 Å². The number of pyridine rings is 1. The molecule has 0 amide bonds. The van der Waals surface area contributed by atoms with E-state index in [1.165, 1.54) is 18.2 Å². The number of fused-ring (bicyclic) bond motifs is 2. The topological polar surface area (TPSA) is 99.2 Å². The Morgan fingerprint density at radius 1 is 0.909 bits per heavy atom. The van der Waals surface area contributed by atoms with Crippen molar-refractivity contribution in [2.24, 2.45) is 0 Å². The van der Waals surface area contributed by atoms with Crippen molar-refractivity contribution in [3.8, 4) is 0 Å². The van der Waals surface area contributed by atoms with Crippen molar-refractivity contribution in [2.75, 3.05) is 0 Å². The van der Waals surface area contributed by atoms with Crippen LogP contribution in [0.2, 0.25) is 0 Å². The van der Waals surface area contributed by atoms with Crippen LogP contribution >= 0.6 is 0 Å². The minimum Gasteiger partial charge on any atom is -0.258 e. The fourth-order valence-corrected chi connectivity index (χ4v) is 2.59. The van der Waals surface area contributed by atoms with Gasteiger partial charge in [-0.15, -0.1) is 0 Å². The second-order valence-corrected chi connectivity index (χ2v) is 5.11. The van der Waals surface area contributed by atoms with Crippen molar-refractivity contribution in [1.82, 2.24) is 4.98 Å². The Bertz CT molecular complexity index is 966. The third-order valence-electron chi connectivity index (χ3n) is 3.75. The Labute approximate surface area is 124 Å². The number of hydrogen-bond acceptors (Lipinski definition) is 5. The van der Waals surface area contributed by atoms with Crippen LogP contribution in [-0.2, 0) is 0 Å². The van der Waals surface area contributed by atoms with E-state index in [0.717, 1.165) is 16.3 Å². The van der Waals surface area contributed by atoms with Crippen LogP contribution < -0.4 is 0 Å². The predicted octanol–water partition coefficient (Wildman–Crippen LogP) is 3.82. The molecule has 7 nitrogen and oxygen atoms in total.